The van der Waals surface area contributed by atoms with Crippen LogP contribution in [0.2, 0.25) is 0 Å². The first-order chi connectivity index (χ1) is 10.0. The molecule has 0 unspecified atom stereocenters. The summed E-state index contributed by atoms with van der Waals surface area (Å²) < 4.78 is 0. The van der Waals surface area contributed by atoms with E-state index in [9.17, 15) is 9.59 Å². The summed E-state index contributed by atoms with van der Waals surface area (Å²) in [5.41, 5.74) is 3.28. The predicted octanol–water partition coefficient (Wildman–Crippen LogP) is 3.63. The van der Waals surface area contributed by atoms with Crippen LogP contribution in [-0.2, 0) is 4.79 Å². The van der Waals surface area contributed by atoms with E-state index in [4.69, 9.17) is 0 Å². The van der Waals surface area contributed by atoms with Gasteiger partial charge >= 0.3 is 0 Å². The molecule has 0 heterocycles. The Morgan fingerprint density at radius 2 is 1.43 bits per heavy atom. The normalized spacial score (nSPS) is 10.5. The van der Waals surface area contributed by atoms with Gasteiger partial charge in [0.1, 0.15) is 0 Å². The van der Waals surface area contributed by atoms with Crippen molar-refractivity contribution in [2.24, 2.45) is 0 Å². The summed E-state index contributed by atoms with van der Waals surface area (Å²) >= 11 is 0. The highest BCUT2D eigenvalue weighted by Gasteiger charge is 2.10. The Bertz CT molecular complexity index is 627. The second-order valence-electron chi connectivity index (χ2n) is 5.37. The maximum atomic E-state index is 12.4. The SMILES string of the molecule is CC(C)c1ccc(C(=O)c2ccc(N(C)C=O)cc2)cc1. The number of carbonyl (C=O) groups excluding carboxylic acids is 2. The molecular formula is C18H19NO2. The van der Waals surface area contributed by atoms with Gasteiger partial charge in [0.25, 0.3) is 0 Å². The maximum Gasteiger partial charge on any atom is 0.213 e. The average molecular weight is 281 g/mol. The molecule has 0 fully saturated rings. The van der Waals surface area contributed by atoms with Gasteiger partial charge in [0, 0.05) is 23.9 Å². The van der Waals surface area contributed by atoms with Crippen molar-refractivity contribution in [3.63, 3.8) is 0 Å². The fraction of sp³-hybridized carbons (Fsp3) is 0.222. The van der Waals surface area contributed by atoms with Gasteiger partial charge in [0.15, 0.2) is 5.78 Å². The van der Waals surface area contributed by atoms with Gasteiger partial charge in [-0.3, -0.25) is 9.59 Å². The molecule has 0 saturated heterocycles. The van der Waals surface area contributed by atoms with E-state index in [1.54, 1.807) is 31.3 Å². The molecular weight excluding hydrogens is 262 g/mol. The van der Waals surface area contributed by atoms with E-state index in [1.807, 2.05) is 24.3 Å². The van der Waals surface area contributed by atoms with E-state index >= 15 is 0 Å². The summed E-state index contributed by atoms with van der Waals surface area (Å²) in [6.07, 6.45) is 0.738. The molecule has 2 aromatic carbocycles. The molecule has 1 amide bonds. The Kier molecular flexibility index (Phi) is 4.53. The van der Waals surface area contributed by atoms with Crippen LogP contribution in [0.5, 0.6) is 0 Å². The highest BCUT2D eigenvalue weighted by atomic mass is 16.1. The third-order valence-electron chi connectivity index (χ3n) is 3.53. The molecule has 3 heteroatoms. The molecule has 0 atom stereocenters. The van der Waals surface area contributed by atoms with Crippen molar-refractivity contribution in [3.8, 4) is 0 Å². The van der Waals surface area contributed by atoms with Gasteiger partial charge in [-0.05, 0) is 35.7 Å². The summed E-state index contributed by atoms with van der Waals surface area (Å²) in [5.74, 6) is 0.443. The van der Waals surface area contributed by atoms with E-state index in [0.29, 0.717) is 17.0 Å². The molecule has 0 bridgehead atoms. The van der Waals surface area contributed by atoms with Gasteiger partial charge in [-0.15, -0.1) is 0 Å². The highest BCUT2D eigenvalue weighted by molar-refractivity contribution is 6.09. The number of anilines is 1. The van der Waals surface area contributed by atoms with E-state index < -0.39 is 0 Å². The smallest absolute Gasteiger partial charge is 0.213 e. The lowest BCUT2D eigenvalue weighted by Crippen LogP contribution is -2.13. The van der Waals surface area contributed by atoms with Crippen molar-refractivity contribution in [1.82, 2.24) is 0 Å². The number of amides is 1. The summed E-state index contributed by atoms with van der Waals surface area (Å²) in [7, 11) is 1.68. The Balaban J connectivity index is 2.21. The van der Waals surface area contributed by atoms with Crippen molar-refractivity contribution >= 4 is 17.9 Å². The fourth-order valence-electron chi connectivity index (χ4n) is 2.09. The zero-order valence-electron chi connectivity index (χ0n) is 12.5. The van der Waals surface area contributed by atoms with Crippen molar-refractivity contribution < 1.29 is 9.59 Å². The monoisotopic (exact) mass is 281 g/mol. The molecule has 0 aliphatic rings. The van der Waals surface area contributed by atoms with E-state index in [0.717, 1.165) is 12.1 Å². The number of hydrogen-bond donors (Lipinski definition) is 0. The van der Waals surface area contributed by atoms with Crippen molar-refractivity contribution in [1.29, 1.82) is 0 Å². The molecule has 2 rings (SSSR count). The second kappa shape index (κ2) is 6.35. The largest absolute Gasteiger partial charge is 0.318 e. The summed E-state index contributed by atoms with van der Waals surface area (Å²) in [6, 6.07) is 14.7. The van der Waals surface area contributed by atoms with Crippen LogP contribution in [0.3, 0.4) is 0 Å². The molecule has 0 aromatic heterocycles. The molecule has 3 nitrogen and oxygen atoms in total. The van der Waals surface area contributed by atoms with Crippen LogP contribution in [0.25, 0.3) is 0 Å². The van der Waals surface area contributed by atoms with Crippen LogP contribution < -0.4 is 4.90 Å². The first kappa shape index (κ1) is 15.0. The molecule has 0 saturated carbocycles. The lowest BCUT2D eigenvalue weighted by atomic mass is 9.98. The summed E-state index contributed by atoms with van der Waals surface area (Å²) in [4.78, 5) is 24.6. The Hall–Kier alpha value is -2.42. The van der Waals surface area contributed by atoms with Crippen LogP contribution in [-0.4, -0.2) is 19.2 Å². The quantitative estimate of drug-likeness (QED) is 0.620. The van der Waals surface area contributed by atoms with E-state index in [2.05, 4.69) is 13.8 Å². The number of carbonyl (C=O) groups is 2. The summed E-state index contributed by atoms with van der Waals surface area (Å²) in [5, 5.41) is 0. The zero-order chi connectivity index (χ0) is 15.4. The van der Waals surface area contributed by atoms with Gasteiger partial charge < -0.3 is 4.90 Å². The average Bonchev–Trinajstić information content (AvgIpc) is 2.53. The standard InChI is InChI=1S/C18H19NO2/c1-13(2)14-4-6-15(7-5-14)18(21)16-8-10-17(11-9-16)19(3)12-20/h4-13H,1-3H3. The number of rotatable bonds is 5. The van der Waals surface area contributed by atoms with Crippen molar-refractivity contribution in [3.05, 3.63) is 65.2 Å². The lowest BCUT2D eigenvalue weighted by Gasteiger charge is -2.11. The molecule has 0 spiro atoms. The van der Waals surface area contributed by atoms with Gasteiger partial charge in [-0.25, -0.2) is 0 Å². The lowest BCUT2D eigenvalue weighted by molar-refractivity contribution is -0.107. The van der Waals surface area contributed by atoms with Gasteiger partial charge in [0.2, 0.25) is 6.41 Å². The van der Waals surface area contributed by atoms with Gasteiger partial charge in [-0.2, -0.15) is 0 Å². The van der Waals surface area contributed by atoms with E-state index in [1.165, 1.54) is 10.5 Å². The minimum Gasteiger partial charge on any atom is -0.318 e. The van der Waals surface area contributed by atoms with Crippen LogP contribution in [0.4, 0.5) is 5.69 Å². The van der Waals surface area contributed by atoms with Crippen LogP contribution in [0.15, 0.2) is 48.5 Å². The maximum absolute atomic E-state index is 12.4. The van der Waals surface area contributed by atoms with Crippen LogP contribution in [0, 0.1) is 0 Å². The third kappa shape index (κ3) is 3.37. The van der Waals surface area contributed by atoms with Crippen LogP contribution in [0.1, 0.15) is 41.3 Å². The molecule has 0 aliphatic carbocycles. The van der Waals surface area contributed by atoms with E-state index in [-0.39, 0.29) is 5.78 Å². The number of hydrogen-bond acceptors (Lipinski definition) is 2. The minimum atomic E-state index is -0.00869. The topological polar surface area (TPSA) is 37.4 Å². The minimum absolute atomic E-state index is 0.00869. The Labute approximate surface area is 125 Å². The third-order valence-corrected chi connectivity index (χ3v) is 3.53. The summed E-state index contributed by atoms with van der Waals surface area (Å²) in [6.45, 7) is 4.25. The fourth-order valence-corrected chi connectivity index (χ4v) is 2.09. The molecule has 0 aliphatic heterocycles. The predicted molar refractivity (Wildman–Crippen MR) is 84.9 cm³/mol. The van der Waals surface area contributed by atoms with Crippen molar-refractivity contribution in [2.75, 3.05) is 11.9 Å². The molecule has 0 radical (unpaired) electrons. The molecule has 0 N–H and O–H groups in total. The first-order valence-electron chi connectivity index (χ1n) is 6.95. The number of ketones is 1. The zero-order valence-corrected chi connectivity index (χ0v) is 12.5. The second-order valence-corrected chi connectivity index (χ2v) is 5.37. The Morgan fingerprint density at radius 3 is 1.86 bits per heavy atom. The molecule has 2 aromatic rings. The first-order valence-corrected chi connectivity index (χ1v) is 6.95. The van der Waals surface area contributed by atoms with Gasteiger partial charge in [-0.1, -0.05) is 38.1 Å². The highest BCUT2D eigenvalue weighted by Crippen LogP contribution is 2.18. The van der Waals surface area contributed by atoms with Crippen molar-refractivity contribution in [2.45, 2.75) is 19.8 Å². The molecule has 108 valence electrons. The number of benzene rings is 2. The number of nitrogens with zero attached hydrogens (tertiary/aromatic N) is 1. The molecule has 21 heavy (non-hydrogen) atoms. The van der Waals surface area contributed by atoms with Crippen LogP contribution >= 0.6 is 0 Å². The van der Waals surface area contributed by atoms with Gasteiger partial charge in [0.05, 0.1) is 0 Å². The Morgan fingerprint density at radius 1 is 0.952 bits per heavy atom.